The molecule has 5 aromatic rings. The number of amides is 1. The Hall–Kier alpha value is -5.04. The smallest absolute Gasteiger partial charge is 0.267 e. The van der Waals surface area contributed by atoms with Crippen LogP contribution in [0.25, 0.3) is 22.3 Å². The Morgan fingerprint density at radius 1 is 0.902 bits per heavy atom. The van der Waals surface area contributed by atoms with Crippen LogP contribution >= 0.6 is 0 Å². The van der Waals surface area contributed by atoms with Gasteiger partial charge in [0.25, 0.3) is 11.5 Å². The number of hydrogen-bond donors (Lipinski definition) is 0. The number of fused-ring (bicyclic) bond motifs is 1. The Kier molecular flexibility index (Phi) is 8.34. The zero-order chi connectivity index (χ0) is 28.8. The lowest BCUT2D eigenvalue weighted by molar-refractivity contribution is -0.123. The van der Waals surface area contributed by atoms with Crippen LogP contribution < -0.4 is 10.5 Å². The predicted octanol–water partition coefficient (Wildman–Crippen LogP) is 6.15. The highest BCUT2D eigenvalue weighted by Gasteiger charge is 2.21. The van der Waals surface area contributed by atoms with Crippen molar-refractivity contribution in [3.63, 3.8) is 0 Å². The molecule has 0 N–H and O–H groups in total. The van der Waals surface area contributed by atoms with Crippen LogP contribution in [0.3, 0.4) is 0 Å². The van der Waals surface area contributed by atoms with Gasteiger partial charge in [0.15, 0.2) is 6.61 Å². The molecule has 1 heterocycles. The number of rotatable bonds is 9. The molecule has 0 unspecified atom stereocenters. The average molecular weight is 545 g/mol. The van der Waals surface area contributed by atoms with E-state index in [9.17, 15) is 9.59 Å². The van der Waals surface area contributed by atoms with Crippen molar-refractivity contribution in [1.82, 2.24) is 9.55 Å². The summed E-state index contributed by atoms with van der Waals surface area (Å²) < 4.78 is 1.65. The molecule has 0 radical (unpaired) electrons. The first kappa shape index (κ1) is 27.5. The molecule has 4 aromatic carbocycles. The second-order valence-corrected chi connectivity index (χ2v) is 9.93. The molecule has 0 fully saturated rings. The molecule has 0 saturated heterocycles. The molecule has 0 atom stereocenters. The van der Waals surface area contributed by atoms with Gasteiger partial charge in [-0.1, -0.05) is 95.6 Å². The van der Waals surface area contributed by atoms with E-state index in [0.29, 0.717) is 22.4 Å². The van der Waals surface area contributed by atoms with Crippen molar-refractivity contribution in [2.24, 2.45) is 5.16 Å². The summed E-state index contributed by atoms with van der Waals surface area (Å²) in [4.78, 5) is 39.3. The number of nitrogens with zero attached hydrogens (tertiary/aromatic N) is 4. The van der Waals surface area contributed by atoms with E-state index < -0.39 is 0 Å². The van der Waals surface area contributed by atoms with Crippen LogP contribution in [0.15, 0.2) is 113 Å². The first-order valence-corrected chi connectivity index (χ1v) is 13.6. The van der Waals surface area contributed by atoms with Crippen molar-refractivity contribution in [3.8, 4) is 11.4 Å². The molecule has 1 aromatic heterocycles. The molecular formula is C34H32N4O3. The number of benzene rings is 4. The second kappa shape index (κ2) is 12.4. The lowest BCUT2D eigenvalue weighted by Crippen LogP contribution is -2.38. The first-order valence-electron chi connectivity index (χ1n) is 13.6. The molecule has 0 aliphatic heterocycles. The highest BCUT2D eigenvalue weighted by molar-refractivity contribution is 5.98. The van der Waals surface area contributed by atoms with Gasteiger partial charge in [-0.25, -0.2) is 4.98 Å². The van der Waals surface area contributed by atoms with E-state index in [1.807, 2.05) is 118 Å². The Morgan fingerprint density at radius 3 is 2.32 bits per heavy atom. The molecule has 0 aliphatic carbocycles. The van der Waals surface area contributed by atoms with Gasteiger partial charge in [0.05, 0.1) is 16.6 Å². The van der Waals surface area contributed by atoms with Crippen molar-refractivity contribution in [2.75, 3.05) is 18.1 Å². The molecule has 0 bridgehead atoms. The van der Waals surface area contributed by atoms with Crippen LogP contribution in [-0.4, -0.2) is 34.3 Å². The van der Waals surface area contributed by atoms with Crippen molar-refractivity contribution in [2.45, 2.75) is 27.3 Å². The molecule has 0 spiro atoms. The third-order valence-electron chi connectivity index (χ3n) is 6.97. The van der Waals surface area contributed by atoms with E-state index >= 15 is 0 Å². The SMILES string of the molecule is CC(=NOCC(=O)N(CCn1c(-c2ccccc2)nc2ccccc2c1=O)c1ccc(C)cc1C)c1ccccc1. The third kappa shape index (κ3) is 6.25. The number of para-hydroxylation sites is 1. The predicted molar refractivity (Wildman–Crippen MR) is 164 cm³/mol. The molecule has 5 rings (SSSR count). The molecule has 206 valence electrons. The normalized spacial score (nSPS) is 11.4. The summed E-state index contributed by atoms with van der Waals surface area (Å²) in [5.41, 5.74) is 5.72. The van der Waals surface area contributed by atoms with Gasteiger partial charge in [0.1, 0.15) is 5.82 Å². The van der Waals surface area contributed by atoms with Gasteiger partial charge in [0.2, 0.25) is 0 Å². The maximum absolute atomic E-state index is 13.7. The van der Waals surface area contributed by atoms with Gasteiger partial charge < -0.3 is 9.74 Å². The van der Waals surface area contributed by atoms with Crippen LogP contribution in [0.5, 0.6) is 0 Å². The molecule has 1 amide bonds. The van der Waals surface area contributed by atoms with E-state index in [4.69, 9.17) is 9.82 Å². The fraction of sp³-hybridized carbons (Fsp3) is 0.176. The Labute approximate surface area is 239 Å². The monoisotopic (exact) mass is 544 g/mol. The molecule has 7 heteroatoms. The lowest BCUT2D eigenvalue weighted by atomic mass is 10.1. The van der Waals surface area contributed by atoms with E-state index in [1.165, 1.54) is 0 Å². The molecular weight excluding hydrogens is 512 g/mol. The minimum Gasteiger partial charge on any atom is -0.385 e. The van der Waals surface area contributed by atoms with Gasteiger partial charge in [-0.2, -0.15) is 0 Å². The molecule has 7 nitrogen and oxygen atoms in total. The van der Waals surface area contributed by atoms with Crippen LogP contribution in [0.4, 0.5) is 5.69 Å². The summed E-state index contributed by atoms with van der Waals surface area (Å²) in [6.07, 6.45) is 0. The maximum atomic E-state index is 13.7. The quantitative estimate of drug-likeness (QED) is 0.165. The van der Waals surface area contributed by atoms with Gasteiger partial charge in [0, 0.05) is 24.3 Å². The van der Waals surface area contributed by atoms with Crippen LogP contribution in [0.1, 0.15) is 23.6 Å². The number of anilines is 1. The van der Waals surface area contributed by atoms with Crippen molar-refractivity contribution in [3.05, 3.63) is 130 Å². The van der Waals surface area contributed by atoms with E-state index in [-0.39, 0.29) is 31.2 Å². The number of carbonyl (C=O) groups excluding carboxylic acids is 1. The van der Waals surface area contributed by atoms with Gasteiger partial charge in [-0.15, -0.1) is 0 Å². The van der Waals surface area contributed by atoms with E-state index in [0.717, 1.165) is 27.9 Å². The van der Waals surface area contributed by atoms with E-state index in [2.05, 4.69) is 5.16 Å². The first-order chi connectivity index (χ1) is 19.9. The molecule has 41 heavy (non-hydrogen) atoms. The Bertz CT molecular complexity index is 1760. The third-order valence-corrected chi connectivity index (χ3v) is 6.97. The number of aromatic nitrogens is 2. The standard InChI is InChI=1S/C34H32N4O3/c1-24-18-19-31(25(2)22-24)37(32(39)23-41-36-26(3)27-12-6-4-7-13-27)20-21-38-33(28-14-8-5-9-15-28)35-30-17-11-10-16-29(30)34(38)40/h4-19,22H,20-21,23H2,1-3H3. The maximum Gasteiger partial charge on any atom is 0.267 e. The minimum atomic E-state index is -0.260. The summed E-state index contributed by atoms with van der Waals surface area (Å²) in [5.74, 6) is 0.297. The minimum absolute atomic E-state index is 0.151. The van der Waals surface area contributed by atoms with Crippen LogP contribution in [-0.2, 0) is 16.2 Å². The van der Waals surface area contributed by atoms with Crippen molar-refractivity contribution < 1.29 is 9.63 Å². The summed E-state index contributed by atoms with van der Waals surface area (Å²) in [6, 6.07) is 32.5. The Balaban J connectivity index is 1.46. The topological polar surface area (TPSA) is 76.8 Å². The van der Waals surface area contributed by atoms with Crippen molar-refractivity contribution >= 4 is 28.2 Å². The zero-order valence-electron chi connectivity index (χ0n) is 23.4. The van der Waals surface area contributed by atoms with Crippen LogP contribution in [0.2, 0.25) is 0 Å². The van der Waals surface area contributed by atoms with Gasteiger partial charge in [-0.05, 0) is 50.1 Å². The second-order valence-electron chi connectivity index (χ2n) is 9.93. The fourth-order valence-corrected chi connectivity index (χ4v) is 4.87. The summed E-state index contributed by atoms with van der Waals surface area (Å²) in [7, 11) is 0. The number of carbonyl (C=O) groups is 1. The highest BCUT2D eigenvalue weighted by atomic mass is 16.6. The average Bonchev–Trinajstić information content (AvgIpc) is 2.99. The molecule has 0 aliphatic rings. The van der Waals surface area contributed by atoms with Crippen LogP contribution in [0, 0.1) is 13.8 Å². The zero-order valence-corrected chi connectivity index (χ0v) is 23.4. The molecule has 0 saturated carbocycles. The summed E-state index contributed by atoms with van der Waals surface area (Å²) in [6.45, 7) is 6.07. The largest absolute Gasteiger partial charge is 0.385 e. The number of aryl methyl sites for hydroxylation is 2. The van der Waals surface area contributed by atoms with Gasteiger partial charge >= 0.3 is 0 Å². The Morgan fingerprint density at radius 2 is 1.59 bits per heavy atom. The number of hydrogen-bond acceptors (Lipinski definition) is 5. The lowest BCUT2D eigenvalue weighted by Gasteiger charge is -2.25. The summed E-state index contributed by atoms with van der Waals surface area (Å²) in [5, 5.41) is 4.70. The highest BCUT2D eigenvalue weighted by Crippen LogP contribution is 2.23. The van der Waals surface area contributed by atoms with E-state index in [1.54, 1.807) is 15.5 Å². The van der Waals surface area contributed by atoms with Crippen molar-refractivity contribution in [1.29, 1.82) is 0 Å². The summed E-state index contributed by atoms with van der Waals surface area (Å²) >= 11 is 0. The number of oxime groups is 1. The fourth-order valence-electron chi connectivity index (χ4n) is 4.87. The van der Waals surface area contributed by atoms with Gasteiger partial charge in [-0.3, -0.25) is 14.2 Å².